The summed E-state index contributed by atoms with van der Waals surface area (Å²) < 4.78 is 0. The van der Waals surface area contributed by atoms with E-state index in [1.54, 1.807) is 18.5 Å². The Balaban J connectivity index is 2.94. The van der Waals surface area contributed by atoms with Crippen LogP contribution in [0.2, 0.25) is 0 Å². The van der Waals surface area contributed by atoms with Gasteiger partial charge in [0.2, 0.25) is 0 Å². The molecule has 0 aliphatic rings. The molecule has 48 valence electrons. The molecule has 0 radical (unpaired) electrons. The van der Waals surface area contributed by atoms with E-state index >= 15 is 0 Å². The average molecular weight is 124 g/mol. The number of hydrogen-bond donors (Lipinski definition) is 2. The molecule has 1 aromatic rings. The number of anilines is 1. The van der Waals surface area contributed by atoms with Crippen molar-refractivity contribution in [2.45, 2.75) is 6.92 Å². The van der Waals surface area contributed by atoms with Gasteiger partial charge in [0.25, 0.3) is 0 Å². The van der Waals surface area contributed by atoms with Gasteiger partial charge >= 0.3 is 0 Å². The van der Waals surface area contributed by atoms with E-state index in [0.29, 0.717) is 5.69 Å². The minimum absolute atomic E-state index is 0.620. The number of nitrogens with one attached hydrogen (secondary N) is 1. The third kappa shape index (κ3) is 1.40. The molecular weight excluding hydrogens is 116 g/mol. The Hall–Kier alpha value is -1.09. The van der Waals surface area contributed by atoms with Gasteiger partial charge in [-0.2, -0.15) is 0 Å². The van der Waals surface area contributed by atoms with Crippen molar-refractivity contribution in [1.29, 1.82) is 0 Å². The number of rotatable bonds is 1. The standard InChI is InChI=1S/C6H8N2O/c1-5-2-6(8-9)4-7-3-5/h2-4,8-9H,1H3. The quantitative estimate of drug-likeness (QED) is 0.553. The Bertz CT molecular complexity index is 200. The maximum absolute atomic E-state index is 8.37. The fraction of sp³-hybridized carbons (Fsp3) is 0.167. The van der Waals surface area contributed by atoms with Crippen LogP contribution in [-0.4, -0.2) is 10.2 Å². The number of nitrogens with zero attached hydrogens (tertiary/aromatic N) is 1. The summed E-state index contributed by atoms with van der Waals surface area (Å²) in [6.07, 6.45) is 3.27. The Morgan fingerprint density at radius 1 is 1.56 bits per heavy atom. The number of hydrogen-bond acceptors (Lipinski definition) is 3. The van der Waals surface area contributed by atoms with Crippen molar-refractivity contribution < 1.29 is 5.21 Å². The first-order valence-electron chi connectivity index (χ1n) is 2.64. The predicted octanol–water partition coefficient (Wildman–Crippen LogP) is 1.19. The summed E-state index contributed by atoms with van der Waals surface area (Å²) in [6, 6.07) is 1.80. The van der Waals surface area contributed by atoms with Crippen LogP contribution in [0.25, 0.3) is 0 Å². The largest absolute Gasteiger partial charge is 0.291 e. The molecule has 0 spiro atoms. The van der Waals surface area contributed by atoms with Crippen LogP contribution in [0.15, 0.2) is 18.5 Å². The van der Waals surface area contributed by atoms with E-state index in [-0.39, 0.29) is 0 Å². The van der Waals surface area contributed by atoms with Crippen molar-refractivity contribution in [3.05, 3.63) is 24.0 Å². The van der Waals surface area contributed by atoms with Crippen LogP contribution in [0, 0.1) is 6.92 Å². The zero-order valence-corrected chi connectivity index (χ0v) is 5.13. The zero-order chi connectivity index (χ0) is 6.69. The Morgan fingerprint density at radius 2 is 2.33 bits per heavy atom. The van der Waals surface area contributed by atoms with Gasteiger partial charge in [0, 0.05) is 6.20 Å². The van der Waals surface area contributed by atoms with E-state index in [2.05, 4.69) is 4.98 Å². The lowest BCUT2D eigenvalue weighted by Gasteiger charge is -1.96. The first-order chi connectivity index (χ1) is 4.33. The Kier molecular flexibility index (Phi) is 1.65. The monoisotopic (exact) mass is 124 g/mol. The molecule has 0 saturated heterocycles. The van der Waals surface area contributed by atoms with E-state index in [0.717, 1.165) is 5.56 Å². The van der Waals surface area contributed by atoms with Crippen LogP contribution in [0.5, 0.6) is 0 Å². The van der Waals surface area contributed by atoms with Gasteiger partial charge in [0.15, 0.2) is 0 Å². The molecule has 9 heavy (non-hydrogen) atoms. The summed E-state index contributed by atoms with van der Waals surface area (Å²) in [6.45, 7) is 1.91. The highest BCUT2D eigenvalue weighted by Gasteiger charge is 1.87. The second-order valence-electron chi connectivity index (χ2n) is 1.86. The zero-order valence-electron chi connectivity index (χ0n) is 5.13. The lowest BCUT2D eigenvalue weighted by Crippen LogP contribution is -1.89. The molecule has 0 aromatic carbocycles. The summed E-state index contributed by atoms with van der Waals surface area (Å²) in [5, 5.41) is 8.37. The van der Waals surface area contributed by atoms with E-state index in [4.69, 9.17) is 5.21 Å². The lowest BCUT2D eigenvalue weighted by molar-refractivity contribution is 0.388. The van der Waals surface area contributed by atoms with Crippen LogP contribution in [0.3, 0.4) is 0 Å². The van der Waals surface area contributed by atoms with Crippen molar-refractivity contribution in [3.63, 3.8) is 0 Å². The van der Waals surface area contributed by atoms with Crippen LogP contribution in [0.4, 0.5) is 5.69 Å². The minimum atomic E-state index is 0.620. The van der Waals surface area contributed by atoms with E-state index in [1.165, 1.54) is 0 Å². The molecule has 0 fully saturated rings. The highest BCUT2D eigenvalue weighted by Crippen LogP contribution is 2.04. The summed E-state index contributed by atoms with van der Waals surface area (Å²) >= 11 is 0. The fourth-order valence-corrected chi connectivity index (χ4v) is 0.616. The molecule has 0 bridgehead atoms. The van der Waals surface area contributed by atoms with Gasteiger partial charge in [-0.25, -0.2) is 0 Å². The van der Waals surface area contributed by atoms with E-state index < -0.39 is 0 Å². The molecule has 0 amide bonds. The molecule has 1 heterocycles. The van der Waals surface area contributed by atoms with Crippen molar-refractivity contribution in [2.24, 2.45) is 0 Å². The van der Waals surface area contributed by atoms with Gasteiger partial charge in [-0.1, -0.05) is 0 Å². The van der Waals surface area contributed by atoms with Gasteiger partial charge in [0.05, 0.1) is 11.9 Å². The highest BCUT2D eigenvalue weighted by molar-refractivity contribution is 5.39. The van der Waals surface area contributed by atoms with E-state index in [1.807, 2.05) is 12.4 Å². The summed E-state index contributed by atoms with van der Waals surface area (Å²) in [7, 11) is 0. The molecule has 0 atom stereocenters. The predicted molar refractivity (Wildman–Crippen MR) is 34.4 cm³/mol. The molecule has 2 N–H and O–H groups in total. The molecule has 1 rings (SSSR count). The maximum atomic E-state index is 8.37. The molecule has 0 saturated carbocycles. The van der Waals surface area contributed by atoms with Crippen molar-refractivity contribution in [3.8, 4) is 0 Å². The molecule has 3 nitrogen and oxygen atoms in total. The van der Waals surface area contributed by atoms with Crippen LogP contribution in [-0.2, 0) is 0 Å². The smallest absolute Gasteiger partial charge is 0.0787 e. The van der Waals surface area contributed by atoms with Gasteiger partial charge in [0.1, 0.15) is 0 Å². The number of pyridine rings is 1. The molecule has 3 heteroatoms. The Labute approximate surface area is 53.3 Å². The van der Waals surface area contributed by atoms with Crippen LogP contribution >= 0.6 is 0 Å². The van der Waals surface area contributed by atoms with Gasteiger partial charge < -0.3 is 0 Å². The summed E-state index contributed by atoms with van der Waals surface area (Å²) in [5.41, 5.74) is 3.65. The molecule has 0 aliphatic heterocycles. The van der Waals surface area contributed by atoms with Crippen LogP contribution in [0.1, 0.15) is 5.56 Å². The van der Waals surface area contributed by atoms with Gasteiger partial charge in [-0.05, 0) is 18.6 Å². The molecule has 0 unspecified atom stereocenters. The minimum Gasteiger partial charge on any atom is -0.291 e. The summed E-state index contributed by atoms with van der Waals surface area (Å²) in [5.74, 6) is 0. The second-order valence-corrected chi connectivity index (χ2v) is 1.86. The Morgan fingerprint density at radius 3 is 2.78 bits per heavy atom. The maximum Gasteiger partial charge on any atom is 0.0787 e. The van der Waals surface area contributed by atoms with Gasteiger partial charge in [-0.3, -0.25) is 15.7 Å². The van der Waals surface area contributed by atoms with Crippen molar-refractivity contribution in [2.75, 3.05) is 5.48 Å². The molecular formula is C6H8N2O. The molecule has 0 aliphatic carbocycles. The van der Waals surface area contributed by atoms with Crippen molar-refractivity contribution in [1.82, 2.24) is 4.98 Å². The number of aryl methyl sites for hydroxylation is 1. The van der Waals surface area contributed by atoms with E-state index in [9.17, 15) is 0 Å². The third-order valence-electron chi connectivity index (χ3n) is 1.00. The average Bonchev–Trinajstić information content (AvgIpc) is 1.88. The van der Waals surface area contributed by atoms with Crippen LogP contribution < -0.4 is 5.48 Å². The highest BCUT2D eigenvalue weighted by atomic mass is 16.5. The van der Waals surface area contributed by atoms with Gasteiger partial charge in [-0.15, -0.1) is 0 Å². The molecule has 1 aromatic heterocycles. The second kappa shape index (κ2) is 2.46. The van der Waals surface area contributed by atoms with Crippen molar-refractivity contribution >= 4 is 5.69 Å². The normalized spacial score (nSPS) is 9.11. The topological polar surface area (TPSA) is 45.2 Å². The SMILES string of the molecule is Cc1cncc(NO)c1. The lowest BCUT2D eigenvalue weighted by atomic mass is 10.3. The third-order valence-corrected chi connectivity index (χ3v) is 1.00. The first kappa shape index (κ1) is 6.04. The fourth-order valence-electron chi connectivity index (χ4n) is 0.616. The number of aromatic nitrogens is 1. The summed E-state index contributed by atoms with van der Waals surface area (Å²) in [4.78, 5) is 3.83. The first-order valence-corrected chi connectivity index (χ1v) is 2.64.